The first kappa shape index (κ1) is 13.7. The van der Waals surface area contributed by atoms with Gasteiger partial charge in [0.1, 0.15) is 5.01 Å². The van der Waals surface area contributed by atoms with Gasteiger partial charge >= 0.3 is 0 Å². The van der Waals surface area contributed by atoms with Gasteiger partial charge in [0.25, 0.3) is 0 Å². The Bertz CT molecular complexity index is 579. The maximum absolute atomic E-state index is 4.55. The number of aromatic nitrogens is 1. The van der Waals surface area contributed by atoms with Gasteiger partial charge in [0.15, 0.2) is 0 Å². The topological polar surface area (TPSA) is 37.0 Å². The van der Waals surface area contributed by atoms with Crippen LogP contribution in [0.25, 0.3) is 0 Å². The molecular formula is C16H21N3S. The standard InChI is InChI=1S/C16H21N3S/c1-11-10-20-16(19-11)12(2)18-9-15-14-6-4-3-5-13(14)7-8-17-15/h3-6,10,12,15,17-18H,7-9H2,1-2H3. The smallest absolute Gasteiger partial charge is 0.110 e. The van der Waals surface area contributed by atoms with Crippen LogP contribution < -0.4 is 10.6 Å². The number of hydrogen-bond acceptors (Lipinski definition) is 4. The molecule has 1 aliphatic rings. The third kappa shape index (κ3) is 2.92. The largest absolute Gasteiger partial charge is 0.309 e. The van der Waals surface area contributed by atoms with Gasteiger partial charge in [-0.05, 0) is 37.9 Å². The van der Waals surface area contributed by atoms with E-state index in [1.165, 1.54) is 16.1 Å². The monoisotopic (exact) mass is 287 g/mol. The molecule has 0 amide bonds. The van der Waals surface area contributed by atoms with Crippen LogP contribution in [0.4, 0.5) is 0 Å². The number of rotatable bonds is 4. The molecule has 2 unspecified atom stereocenters. The lowest BCUT2D eigenvalue weighted by Gasteiger charge is -2.28. The summed E-state index contributed by atoms with van der Waals surface area (Å²) in [6, 6.07) is 9.47. The lowest BCUT2D eigenvalue weighted by molar-refractivity contribution is 0.441. The Balaban J connectivity index is 1.65. The number of aryl methyl sites for hydroxylation is 1. The molecule has 1 aromatic carbocycles. The molecule has 106 valence electrons. The minimum atomic E-state index is 0.310. The molecule has 3 rings (SSSR count). The van der Waals surface area contributed by atoms with E-state index in [1.807, 2.05) is 6.92 Å². The van der Waals surface area contributed by atoms with Crippen LogP contribution in [-0.4, -0.2) is 18.1 Å². The van der Waals surface area contributed by atoms with Gasteiger partial charge < -0.3 is 10.6 Å². The van der Waals surface area contributed by atoms with Crippen LogP contribution in [0.15, 0.2) is 29.6 Å². The average Bonchev–Trinajstić information content (AvgIpc) is 2.91. The van der Waals surface area contributed by atoms with Crippen LogP contribution in [0.1, 0.15) is 40.8 Å². The van der Waals surface area contributed by atoms with Gasteiger partial charge in [0.2, 0.25) is 0 Å². The van der Waals surface area contributed by atoms with Crippen molar-refractivity contribution < 1.29 is 0 Å². The van der Waals surface area contributed by atoms with E-state index in [0.717, 1.165) is 25.2 Å². The first-order chi connectivity index (χ1) is 9.74. The van der Waals surface area contributed by atoms with Crippen molar-refractivity contribution in [3.8, 4) is 0 Å². The first-order valence-electron chi connectivity index (χ1n) is 7.20. The number of nitrogens with zero attached hydrogens (tertiary/aromatic N) is 1. The van der Waals surface area contributed by atoms with E-state index in [1.54, 1.807) is 11.3 Å². The van der Waals surface area contributed by atoms with E-state index in [4.69, 9.17) is 0 Å². The number of fused-ring (bicyclic) bond motifs is 1. The van der Waals surface area contributed by atoms with Gasteiger partial charge in [-0.2, -0.15) is 0 Å². The molecule has 2 N–H and O–H groups in total. The molecule has 2 aromatic rings. The summed E-state index contributed by atoms with van der Waals surface area (Å²) < 4.78 is 0. The molecule has 1 aromatic heterocycles. The fraction of sp³-hybridized carbons (Fsp3) is 0.438. The van der Waals surface area contributed by atoms with Gasteiger partial charge in [-0.1, -0.05) is 24.3 Å². The van der Waals surface area contributed by atoms with Crippen LogP contribution in [0.3, 0.4) is 0 Å². The predicted molar refractivity (Wildman–Crippen MR) is 84.2 cm³/mol. The Morgan fingerprint density at radius 3 is 3.10 bits per heavy atom. The van der Waals surface area contributed by atoms with Crippen LogP contribution >= 0.6 is 11.3 Å². The summed E-state index contributed by atoms with van der Waals surface area (Å²) in [5.74, 6) is 0. The molecule has 0 spiro atoms. The number of hydrogen-bond donors (Lipinski definition) is 2. The van der Waals surface area contributed by atoms with Crippen molar-refractivity contribution in [2.24, 2.45) is 0 Å². The highest BCUT2D eigenvalue weighted by Crippen LogP contribution is 2.23. The highest BCUT2D eigenvalue weighted by atomic mass is 32.1. The van der Waals surface area contributed by atoms with Crippen LogP contribution in [-0.2, 0) is 6.42 Å². The van der Waals surface area contributed by atoms with Crippen LogP contribution in [0.5, 0.6) is 0 Å². The molecule has 20 heavy (non-hydrogen) atoms. The zero-order valence-electron chi connectivity index (χ0n) is 12.0. The Labute approximate surface area is 124 Å². The number of thiazole rings is 1. The molecule has 0 saturated carbocycles. The zero-order valence-corrected chi connectivity index (χ0v) is 12.8. The van der Waals surface area contributed by atoms with Crippen molar-refractivity contribution in [1.29, 1.82) is 0 Å². The minimum Gasteiger partial charge on any atom is -0.309 e. The summed E-state index contributed by atoms with van der Waals surface area (Å²) in [7, 11) is 0. The second-order valence-electron chi connectivity index (χ2n) is 5.41. The second kappa shape index (κ2) is 6.04. The molecule has 4 heteroatoms. The van der Waals surface area contributed by atoms with Gasteiger partial charge in [-0.15, -0.1) is 11.3 Å². The van der Waals surface area contributed by atoms with E-state index in [9.17, 15) is 0 Å². The summed E-state index contributed by atoms with van der Waals surface area (Å²) in [4.78, 5) is 4.55. The molecule has 2 heterocycles. The van der Waals surface area contributed by atoms with Crippen molar-refractivity contribution in [1.82, 2.24) is 15.6 Å². The van der Waals surface area contributed by atoms with E-state index in [-0.39, 0.29) is 0 Å². The Morgan fingerprint density at radius 1 is 1.45 bits per heavy atom. The van der Waals surface area contributed by atoms with Gasteiger partial charge in [0, 0.05) is 23.7 Å². The average molecular weight is 287 g/mol. The predicted octanol–water partition coefficient (Wildman–Crippen LogP) is 2.99. The fourth-order valence-electron chi connectivity index (χ4n) is 2.73. The molecule has 3 nitrogen and oxygen atoms in total. The van der Waals surface area contributed by atoms with Gasteiger partial charge in [-0.25, -0.2) is 4.98 Å². The van der Waals surface area contributed by atoms with Crippen LogP contribution in [0, 0.1) is 6.92 Å². The molecule has 0 saturated heterocycles. The van der Waals surface area contributed by atoms with Crippen molar-refractivity contribution >= 4 is 11.3 Å². The van der Waals surface area contributed by atoms with Crippen molar-refractivity contribution in [2.45, 2.75) is 32.4 Å². The normalized spacial score (nSPS) is 19.6. The molecule has 2 atom stereocenters. The lowest BCUT2D eigenvalue weighted by Crippen LogP contribution is -2.37. The third-order valence-corrected chi connectivity index (χ3v) is 5.00. The minimum absolute atomic E-state index is 0.310. The number of benzene rings is 1. The highest BCUT2D eigenvalue weighted by Gasteiger charge is 2.20. The van der Waals surface area contributed by atoms with Gasteiger partial charge in [-0.3, -0.25) is 0 Å². The van der Waals surface area contributed by atoms with Crippen molar-refractivity contribution in [3.05, 3.63) is 51.5 Å². The van der Waals surface area contributed by atoms with E-state index >= 15 is 0 Å². The van der Waals surface area contributed by atoms with Crippen molar-refractivity contribution in [2.75, 3.05) is 13.1 Å². The quantitative estimate of drug-likeness (QED) is 0.907. The maximum atomic E-state index is 4.55. The van der Waals surface area contributed by atoms with E-state index in [2.05, 4.69) is 52.2 Å². The molecule has 1 aliphatic heterocycles. The first-order valence-corrected chi connectivity index (χ1v) is 8.08. The zero-order chi connectivity index (χ0) is 13.9. The summed E-state index contributed by atoms with van der Waals surface area (Å²) in [6.45, 7) is 6.24. The Kier molecular flexibility index (Phi) is 4.15. The molecule has 0 fully saturated rings. The number of nitrogens with one attached hydrogen (secondary N) is 2. The maximum Gasteiger partial charge on any atom is 0.110 e. The van der Waals surface area contributed by atoms with Crippen molar-refractivity contribution in [3.63, 3.8) is 0 Å². The summed E-state index contributed by atoms with van der Waals surface area (Å²) >= 11 is 1.74. The van der Waals surface area contributed by atoms with E-state index in [0.29, 0.717) is 12.1 Å². The molecule has 0 radical (unpaired) electrons. The molecule has 0 aliphatic carbocycles. The second-order valence-corrected chi connectivity index (χ2v) is 6.30. The fourth-order valence-corrected chi connectivity index (χ4v) is 3.56. The van der Waals surface area contributed by atoms with Crippen LogP contribution in [0.2, 0.25) is 0 Å². The van der Waals surface area contributed by atoms with E-state index < -0.39 is 0 Å². The molecule has 0 bridgehead atoms. The Hall–Kier alpha value is -1.23. The highest BCUT2D eigenvalue weighted by molar-refractivity contribution is 7.09. The summed E-state index contributed by atoms with van der Waals surface area (Å²) in [5, 5.41) is 10.5. The third-order valence-electron chi connectivity index (χ3n) is 3.85. The van der Waals surface area contributed by atoms with Gasteiger partial charge in [0.05, 0.1) is 6.04 Å². The summed E-state index contributed by atoms with van der Waals surface area (Å²) in [5.41, 5.74) is 4.03. The lowest BCUT2D eigenvalue weighted by atomic mass is 9.94. The SMILES string of the molecule is Cc1csc(C(C)NCC2NCCc3ccccc32)n1. The Morgan fingerprint density at radius 2 is 2.30 bits per heavy atom. The summed E-state index contributed by atoms with van der Waals surface area (Å²) in [6.07, 6.45) is 1.13. The molecular weight excluding hydrogens is 266 g/mol.